The highest BCUT2D eigenvalue weighted by atomic mass is 35.5. The van der Waals surface area contributed by atoms with E-state index in [-0.39, 0.29) is 10.1 Å². The Labute approximate surface area is 216 Å². The minimum atomic E-state index is -4.27. The summed E-state index contributed by atoms with van der Waals surface area (Å²) in [7, 11) is -2.45. The van der Waals surface area contributed by atoms with E-state index in [0.717, 1.165) is 34.1 Å². The van der Waals surface area contributed by atoms with Crippen molar-refractivity contribution in [3.8, 4) is 0 Å². The summed E-state index contributed by atoms with van der Waals surface area (Å²) >= 11 is 13.1. The van der Waals surface area contributed by atoms with Crippen LogP contribution in [0.25, 0.3) is 0 Å². The lowest BCUT2D eigenvalue weighted by Crippen LogP contribution is -2.41. The zero-order chi connectivity index (χ0) is 25.1. The molecule has 0 spiro atoms. The molecule has 0 saturated heterocycles. The minimum absolute atomic E-state index is 0.178. The van der Waals surface area contributed by atoms with E-state index in [2.05, 4.69) is 40.6 Å². The molecule has 0 aliphatic rings. The molecule has 0 fully saturated rings. The summed E-state index contributed by atoms with van der Waals surface area (Å²) < 4.78 is 31.2. The average Bonchev–Trinajstić information content (AvgIpc) is 2.81. The smallest absolute Gasteiger partial charge is 0.166 e. The third kappa shape index (κ3) is 9.25. The molecule has 3 aromatic rings. The minimum Gasteiger partial charge on any atom is -0.744 e. The molecule has 5 N–H and O–H groups in total. The summed E-state index contributed by atoms with van der Waals surface area (Å²) in [5, 5.41) is 7.70. The molecule has 34 heavy (non-hydrogen) atoms. The zero-order valence-corrected chi connectivity index (χ0v) is 22.2. The van der Waals surface area contributed by atoms with Gasteiger partial charge < -0.3 is 20.9 Å². The Bertz CT molecular complexity index is 1180. The van der Waals surface area contributed by atoms with Crippen LogP contribution in [0.3, 0.4) is 0 Å². The maximum atomic E-state index is 10.4. The second-order valence-electron chi connectivity index (χ2n) is 7.28. The summed E-state index contributed by atoms with van der Waals surface area (Å²) in [5.74, 6) is 0.924. The number of thioether (sulfide) groups is 1. The Balaban J connectivity index is 0.000000310. The standard InChI is InChI=1S/C17H20ClN3S2.C7H8O3S/c1-20-17(22)21-9-10-23-16(12-5-3-2-4-6-12)14-11-13(18)7-8-15(14)19;1-6-2-4-7(5-3-6)11(8,9)10/h2-8,11,16H,9-10,19H2,1H3,(H2,20,21,22);2-5H,1H3,(H,8,9,10). The van der Waals surface area contributed by atoms with E-state index in [9.17, 15) is 13.0 Å². The molecule has 10 heteroatoms. The fourth-order valence-corrected chi connectivity index (χ4v) is 4.89. The molecule has 1 atom stereocenters. The molecule has 3 rings (SSSR count). The Hall–Kier alpha value is -2.14. The quantitative estimate of drug-likeness (QED) is 0.237. The van der Waals surface area contributed by atoms with Gasteiger partial charge >= 0.3 is 0 Å². The molecule has 0 saturated carbocycles. The number of benzene rings is 3. The molecule has 3 aromatic carbocycles. The number of quaternary nitrogens is 1. The summed E-state index contributed by atoms with van der Waals surface area (Å²) in [5.41, 5.74) is 8.50. The van der Waals surface area contributed by atoms with Crippen LogP contribution in [-0.4, -0.2) is 37.4 Å². The van der Waals surface area contributed by atoms with E-state index in [1.807, 2.05) is 50.0 Å². The number of rotatable bonds is 7. The summed E-state index contributed by atoms with van der Waals surface area (Å²) in [6.45, 7) is 2.63. The van der Waals surface area contributed by atoms with Crippen LogP contribution in [0.4, 0.5) is 5.69 Å². The monoisotopic (exact) mass is 537 g/mol. The van der Waals surface area contributed by atoms with E-state index in [1.165, 1.54) is 17.7 Å². The molecule has 1 unspecified atom stereocenters. The molecule has 0 aromatic heterocycles. The highest BCUT2D eigenvalue weighted by Crippen LogP contribution is 2.38. The van der Waals surface area contributed by atoms with Crippen molar-refractivity contribution < 1.29 is 18.7 Å². The molecular weight excluding hydrogens is 510 g/mol. The number of nitrogens with one attached hydrogen (secondary N) is 2. The first-order valence-corrected chi connectivity index (χ1v) is 13.6. The van der Waals surface area contributed by atoms with Gasteiger partial charge in [0, 0.05) is 36.0 Å². The summed E-state index contributed by atoms with van der Waals surface area (Å²) in [6, 6.07) is 22.1. The van der Waals surface area contributed by atoms with Crippen molar-refractivity contribution >= 4 is 56.5 Å². The van der Waals surface area contributed by atoms with Gasteiger partial charge in [-0.2, -0.15) is 0 Å². The Morgan fingerprint density at radius 2 is 1.76 bits per heavy atom. The predicted octanol–water partition coefficient (Wildman–Crippen LogP) is 4.03. The van der Waals surface area contributed by atoms with E-state index in [1.54, 1.807) is 12.1 Å². The van der Waals surface area contributed by atoms with Gasteiger partial charge in [-0.15, -0.1) is 11.8 Å². The summed E-state index contributed by atoms with van der Waals surface area (Å²) in [6.07, 6.45) is 0. The maximum absolute atomic E-state index is 10.4. The first-order valence-electron chi connectivity index (χ1n) is 10.4. The lowest BCUT2D eigenvalue weighted by atomic mass is 10.0. The van der Waals surface area contributed by atoms with Gasteiger partial charge in [-0.25, -0.2) is 8.42 Å². The fourth-order valence-electron chi connectivity index (χ4n) is 2.94. The maximum Gasteiger partial charge on any atom is 0.166 e. The van der Waals surface area contributed by atoms with Gasteiger partial charge in [0.15, 0.2) is 5.11 Å². The van der Waals surface area contributed by atoms with Crippen LogP contribution in [0.1, 0.15) is 21.9 Å². The van der Waals surface area contributed by atoms with Crippen LogP contribution in [0.15, 0.2) is 77.7 Å². The molecule has 0 heterocycles. The molecular formula is C24H28ClN3O3S3. The Morgan fingerprint density at radius 3 is 2.35 bits per heavy atom. The molecule has 0 bridgehead atoms. The molecule has 182 valence electrons. The van der Waals surface area contributed by atoms with Gasteiger partial charge in [-0.05, 0) is 49.0 Å². The van der Waals surface area contributed by atoms with Crippen molar-refractivity contribution in [2.24, 2.45) is 0 Å². The van der Waals surface area contributed by atoms with Crippen molar-refractivity contribution in [2.45, 2.75) is 17.1 Å². The Kier molecular flexibility index (Phi) is 11.3. The topological polar surface area (TPSA) is 109 Å². The van der Waals surface area contributed by atoms with Crippen molar-refractivity contribution in [1.82, 2.24) is 10.6 Å². The first-order chi connectivity index (χ1) is 16.1. The molecule has 0 aliphatic heterocycles. The van der Waals surface area contributed by atoms with Gasteiger partial charge in [0.05, 0.1) is 10.1 Å². The molecule has 6 nitrogen and oxygen atoms in total. The zero-order valence-electron chi connectivity index (χ0n) is 19.0. The van der Waals surface area contributed by atoms with E-state index < -0.39 is 10.1 Å². The number of halogens is 1. The lowest BCUT2D eigenvalue weighted by molar-refractivity contribution is -0.255. The van der Waals surface area contributed by atoms with Gasteiger partial charge in [0.1, 0.15) is 15.8 Å². The third-order valence-electron chi connectivity index (χ3n) is 4.70. The number of hydrogen-bond acceptors (Lipinski definition) is 5. The van der Waals surface area contributed by atoms with Crippen molar-refractivity contribution in [3.05, 3.63) is 94.5 Å². The van der Waals surface area contributed by atoms with Crippen molar-refractivity contribution in [2.75, 3.05) is 19.3 Å². The lowest BCUT2D eigenvalue weighted by Gasteiger charge is -2.19. The number of aryl methyl sites for hydroxylation is 1. The predicted molar refractivity (Wildman–Crippen MR) is 144 cm³/mol. The SMILES string of the molecule is CNC(=S)NCCSC(c1ccccc1)c1cc(Cl)ccc1[NH3+].Cc1ccc(S(=O)(=O)[O-])cc1. The van der Waals surface area contributed by atoms with Crippen LogP contribution in [0.2, 0.25) is 5.02 Å². The fraction of sp³-hybridized carbons (Fsp3) is 0.208. The van der Waals surface area contributed by atoms with Crippen LogP contribution in [0.5, 0.6) is 0 Å². The summed E-state index contributed by atoms with van der Waals surface area (Å²) in [4.78, 5) is -0.178. The van der Waals surface area contributed by atoms with Gasteiger partial charge in [-0.3, -0.25) is 0 Å². The highest BCUT2D eigenvalue weighted by molar-refractivity contribution is 7.99. The van der Waals surface area contributed by atoms with Gasteiger partial charge in [-0.1, -0.05) is 59.6 Å². The molecule has 0 radical (unpaired) electrons. The van der Waals surface area contributed by atoms with E-state index in [4.69, 9.17) is 23.8 Å². The largest absolute Gasteiger partial charge is 0.744 e. The van der Waals surface area contributed by atoms with Gasteiger partial charge in [0.25, 0.3) is 0 Å². The van der Waals surface area contributed by atoms with Crippen molar-refractivity contribution in [3.63, 3.8) is 0 Å². The van der Waals surface area contributed by atoms with Crippen LogP contribution in [-0.2, 0) is 10.1 Å². The molecule has 0 amide bonds. The van der Waals surface area contributed by atoms with E-state index >= 15 is 0 Å². The second kappa shape index (κ2) is 13.7. The van der Waals surface area contributed by atoms with Crippen molar-refractivity contribution in [1.29, 1.82) is 0 Å². The third-order valence-corrected chi connectivity index (χ3v) is 7.43. The Morgan fingerprint density at radius 1 is 1.12 bits per heavy atom. The molecule has 0 aliphatic carbocycles. The van der Waals surface area contributed by atoms with Crippen LogP contribution >= 0.6 is 35.6 Å². The van der Waals surface area contributed by atoms with Crippen LogP contribution in [0, 0.1) is 6.92 Å². The normalized spacial score (nSPS) is 11.7. The van der Waals surface area contributed by atoms with Gasteiger partial charge in [0.2, 0.25) is 0 Å². The second-order valence-corrected chi connectivity index (χ2v) is 10.7. The number of hydrogen-bond donors (Lipinski definition) is 3. The first kappa shape index (κ1) is 28.1. The highest BCUT2D eigenvalue weighted by Gasteiger charge is 2.19. The van der Waals surface area contributed by atoms with E-state index in [0.29, 0.717) is 5.11 Å². The average molecular weight is 538 g/mol. The number of thiocarbonyl (C=S) groups is 1. The van der Waals surface area contributed by atoms with Crippen LogP contribution < -0.4 is 16.4 Å².